The molecule has 1 unspecified atom stereocenters. The van der Waals surface area contributed by atoms with Gasteiger partial charge in [0.1, 0.15) is 0 Å². The molecule has 0 saturated heterocycles. The van der Waals surface area contributed by atoms with Gasteiger partial charge in [0.2, 0.25) is 5.91 Å². The van der Waals surface area contributed by atoms with Crippen LogP contribution in [0.5, 0.6) is 0 Å². The second kappa shape index (κ2) is 5.48. The Hall–Kier alpha value is -0.240. The molecule has 0 bridgehead atoms. The molecule has 2 nitrogen and oxygen atoms in total. The molecular weight excluding hydrogens is 186 g/mol. The van der Waals surface area contributed by atoms with E-state index in [2.05, 4.69) is 12.2 Å². The minimum absolute atomic E-state index is 0.153. The van der Waals surface area contributed by atoms with Crippen molar-refractivity contribution < 1.29 is 4.79 Å². The molecule has 0 radical (unpaired) electrons. The lowest BCUT2D eigenvalue weighted by Gasteiger charge is -2.31. The molecule has 76 valence electrons. The van der Waals surface area contributed by atoms with Crippen LogP contribution in [0.4, 0.5) is 0 Å². The molecule has 1 fully saturated rings. The lowest BCUT2D eigenvalue weighted by molar-refractivity contribution is -0.122. The monoisotopic (exact) mass is 203 g/mol. The normalized spacial score (nSPS) is 19.2. The third kappa shape index (κ3) is 3.55. The summed E-state index contributed by atoms with van der Waals surface area (Å²) < 4.78 is 0. The van der Waals surface area contributed by atoms with Crippen LogP contribution in [-0.4, -0.2) is 17.8 Å². The van der Waals surface area contributed by atoms with E-state index in [9.17, 15) is 4.79 Å². The van der Waals surface area contributed by atoms with Gasteiger partial charge in [-0.25, -0.2) is 0 Å². The highest BCUT2D eigenvalue weighted by atomic mass is 35.5. The van der Waals surface area contributed by atoms with Crippen molar-refractivity contribution in [2.75, 3.05) is 5.88 Å². The van der Waals surface area contributed by atoms with E-state index in [0.29, 0.717) is 18.3 Å². The van der Waals surface area contributed by atoms with Gasteiger partial charge < -0.3 is 5.32 Å². The molecule has 3 heteroatoms. The fourth-order valence-corrected chi connectivity index (χ4v) is 1.74. The average Bonchev–Trinajstić information content (AvgIpc) is 1.97. The zero-order valence-corrected chi connectivity index (χ0v) is 8.94. The van der Waals surface area contributed by atoms with E-state index in [1.807, 2.05) is 0 Å². The number of hydrogen-bond donors (Lipinski definition) is 1. The number of halogens is 1. The van der Waals surface area contributed by atoms with Gasteiger partial charge in [-0.15, -0.1) is 11.6 Å². The summed E-state index contributed by atoms with van der Waals surface area (Å²) in [7, 11) is 0. The molecule has 0 heterocycles. The van der Waals surface area contributed by atoms with Crippen molar-refractivity contribution in [2.45, 2.75) is 45.1 Å². The quantitative estimate of drug-likeness (QED) is 0.683. The maximum atomic E-state index is 11.3. The lowest BCUT2D eigenvalue weighted by atomic mass is 9.80. The SMILES string of the molecule is CC(NC(=O)CCCCl)C1CCC1. The first-order valence-corrected chi connectivity index (χ1v) is 5.63. The topological polar surface area (TPSA) is 29.1 Å². The molecule has 1 N–H and O–H groups in total. The Kier molecular flexibility index (Phi) is 4.57. The van der Waals surface area contributed by atoms with Crippen LogP contribution in [-0.2, 0) is 4.79 Å². The Balaban J connectivity index is 2.11. The Labute approximate surface area is 85.0 Å². The van der Waals surface area contributed by atoms with Gasteiger partial charge in [0.15, 0.2) is 0 Å². The molecule has 1 aliphatic rings. The molecule has 0 aromatic carbocycles. The van der Waals surface area contributed by atoms with Crippen molar-refractivity contribution in [3.8, 4) is 0 Å². The fraction of sp³-hybridized carbons (Fsp3) is 0.900. The highest BCUT2D eigenvalue weighted by Gasteiger charge is 2.24. The van der Waals surface area contributed by atoms with Crippen LogP contribution >= 0.6 is 11.6 Å². The Morgan fingerprint density at radius 1 is 1.62 bits per heavy atom. The van der Waals surface area contributed by atoms with Crippen LogP contribution in [0.3, 0.4) is 0 Å². The molecule has 0 aliphatic heterocycles. The van der Waals surface area contributed by atoms with Gasteiger partial charge in [0.05, 0.1) is 0 Å². The summed E-state index contributed by atoms with van der Waals surface area (Å²) in [5.74, 6) is 1.45. The number of carbonyl (C=O) groups is 1. The van der Waals surface area contributed by atoms with E-state index >= 15 is 0 Å². The molecule has 13 heavy (non-hydrogen) atoms. The van der Waals surface area contributed by atoms with Crippen molar-refractivity contribution in [2.24, 2.45) is 5.92 Å². The molecule has 1 amide bonds. The first-order chi connectivity index (χ1) is 6.24. The van der Waals surface area contributed by atoms with E-state index in [1.165, 1.54) is 19.3 Å². The molecular formula is C10H18ClNO. The predicted molar refractivity (Wildman–Crippen MR) is 54.9 cm³/mol. The summed E-state index contributed by atoms with van der Waals surface area (Å²) in [4.78, 5) is 11.3. The van der Waals surface area contributed by atoms with Gasteiger partial charge >= 0.3 is 0 Å². The Bertz CT molecular complexity index is 168. The third-order valence-electron chi connectivity index (χ3n) is 2.78. The number of alkyl halides is 1. The Morgan fingerprint density at radius 3 is 2.77 bits per heavy atom. The van der Waals surface area contributed by atoms with Crippen LogP contribution in [0, 0.1) is 5.92 Å². The van der Waals surface area contributed by atoms with Crippen LogP contribution in [0.25, 0.3) is 0 Å². The summed E-state index contributed by atoms with van der Waals surface area (Å²) in [6.07, 6.45) is 5.23. The third-order valence-corrected chi connectivity index (χ3v) is 3.05. The summed E-state index contributed by atoms with van der Waals surface area (Å²) in [6, 6.07) is 0.358. The van der Waals surface area contributed by atoms with Crippen molar-refractivity contribution in [1.82, 2.24) is 5.32 Å². The van der Waals surface area contributed by atoms with E-state index in [0.717, 1.165) is 12.3 Å². The van der Waals surface area contributed by atoms with E-state index in [1.54, 1.807) is 0 Å². The minimum atomic E-state index is 0.153. The fourth-order valence-electron chi connectivity index (χ4n) is 1.61. The maximum absolute atomic E-state index is 11.3. The second-order valence-electron chi connectivity index (χ2n) is 3.84. The van der Waals surface area contributed by atoms with Gasteiger partial charge in [-0.3, -0.25) is 4.79 Å². The molecule has 1 atom stereocenters. The number of hydrogen-bond acceptors (Lipinski definition) is 1. The van der Waals surface area contributed by atoms with Gasteiger partial charge in [-0.2, -0.15) is 0 Å². The van der Waals surface area contributed by atoms with E-state index in [4.69, 9.17) is 11.6 Å². The van der Waals surface area contributed by atoms with Crippen molar-refractivity contribution in [1.29, 1.82) is 0 Å². The highest BCUT2D eigenvalue weighted by molar-refractivity contribution is 6.17. The van der Waals surface area contributed by atoms with Gasteiger partial charge in [0, 0.05) is 18.3 Å². The molecule has 0 spiro atoms. The number of carbonyl (C=O) groups excluding carboxylic acids is 1. The van der Waals surface area contributed by atoms with Crippen molar-refractivity contribution >= 4 is 17.5 Å². The van der Waals surface area contributed by atoms with Gasteiger partial charge in [0.25, 0.3) is 0 Å². The molecule has 0 aromatic heterocycles. The number of amides is 1. The number of rotatable bonds is 5. The largest absolute Gasteiger partial charge is 0.353 e. The number of nitrogens with one attached hydrogen (secondary N) is 1. The van der Waals surface area contributed by atoms with Gasteiger partial charge in [-0.05, 0) is 32.1 Å². The summed E-state index contributed by atoms with van der Waals surface area (Å²) in [5.41, 5.74) is 0. The first-order valence-electron chi connectivity index (χ1n) is 5.09. The zero-order chi connectivity index (χ0) is 9.68. The summed E-state index contributed by atoms with van der Waals surface area (Å²) >= 11 is 5.50. The smallest absolute Gasteiger partial charge is 0.220 e. The van der Waals surface area contributed by atoms with Crippen LogP contribution in [0.1, 0.15) is 39.0 Å². The molecule has 1 rings (SSSR count). The molecule has 1 aliphatic carbocycles. The molecule has 1 saturated carbocycles. The first kappa shape index (κ1) is 10.8. The zero-order valence-electron chi connectivity index (χ0n) is 8.18. The van der Waals surface area contributed by atoms with Crippen molar-refractivity contribution in [3.05, 3.63) is 0 Å². The standard InChI is InChI=1S/C10H18ClNO/c1-8(9-4-2-5-9)12-10(13)6-3-7-11/h8-9H,2-7H2,1H3,(H,12,13). The van der Waals surface area contributed by atoms with Crippen LogP contribution < -0.4 is 5.32 Å². The van der Waals surface area contributed by atoms with Crippen LogP contribution in [0.15, 0.2) is 0 Å². The highest BCUT2D eigenvalue weighted by Crippen LogP contribution is 2.29. The Morgan fingerprint density at radius 2 is 2.31 bits per heavy atom. The predicted octanol–water partition coefficient (Wildman–Crippen LogP) is 2.31. The second-order valence-corrected chi connectivity index (χ2v) is 4.22. The minimum Gasteiger partial charge on any atom is -0.353 e. The molecule has 0 aromatic rings. The average molecular weight is 204 g/mol. The maximum Gasteiger partial charge on any atom is 0.220 e. The van der Waals surface area contributed by atoms with E-state index in [-0.39, 0.29) is 5.91 Å². The lowest BCUT2D eigenvalue weighted by Crippen LogP contribution is -2.40. The van der Waals surface area contributed by atoms with Gasteiger partial charge in [-0.1, -0.05) is 6.42 Å². The van der Waals surface area contributed by atoms with Crippen molar-refractivity contribution in [3.63, 3.8) is 0 Å². The van der Waals surface area contributed by atoms with Crippen LogP contribution in [0.2, 0.25) is 0 Å². The van der Waals surface area contributed by atoms with E-state index < -0.39 is 0 Å². The summed E-state index contributed by atoms with van der Waals surface area (Å²) in [5, 5.41) is 3.02. The summed E-state index contributed by atoms with van der Waals surface area (Å²) in [6.45, 7) is 2.10.